The summed E-state index contributed by atoms with van der Waals surface area (Å²) in [6, 6.07) is 4.97. The zero-order valence-corrected chi connectivity index (χ0v) is 13.1. The number of carbonyl (C=O) groups is 2. The summed E-state index contributed by atoms with van der Waals surface area (Å²) in [5.41, 5.74) is 1.11. The van der Waals surface area contributed by atoms with Crippen LogP contribution in [0.2, 0.25) is 0 Å². The Kier molecular flexibility index (Phi) is 3.71. The van der Waals surface area contributed by atoms with Crippen LogP contribution in [-0.2, 0) is 11.2 Å². The van der Waals surface area contributed by atoms with Gasteiger partial charge in [-0.3, -0.25) is 4.79 Å². The van der Waals surface area contributed by atoms with Crippen molar-refractivity contribution in [3.05, 3.63) is 24.1 Å². The molecule has 3 rings (SSSR count). The Balaban J connectivity index is 1.72. The number of nitrogens with zero attached hydrogens (tertiary/aromatic N) is 2. The maximum absolute atomic E-state index is 12.3. The van der Waals surface area contributed by atoms with Gasteiger partial charge in [-0.1, -0.05) is 6.92 Å². The monoisotopic (exact) mass is 317 g/mol. The molecule has 2 heterocycles. The summed E-state index contributed by atoms with van der Waals surface area (Å²) in [7, 11) is 0. The van der Waals surface area contributed by atoms with E-state index >= 15 is 0 Å². The first-order chi connectivity index (χ1) is 10.9. The summed E-state index contributed by atoms with van der Waals surface area (Å²) in [6.45, 7) is 4.26. The normalized spacial score (nSPS) is 20.9. The van der Waals surface area contributed by atoms with Gasteiger partial charge in [0.05, 0.1) is 5.41 Å². The van der Waals surface area contributed by atoms with Crippen molar-refractivity contribution in [3.63, 3.8) is 0 Å². The number of carboxylic acid groups (broad SMARTS) is 1. The van der Waals surface area contributed by atoms with E-state index < -0.39 is 11.4 Å². The molecule has 1 unspecified atom stereocenters. The zero-order chi connectivity index (χ0) is 16.6. The molecule has 0 bridgehead atoms. The highest BCUT2D eigenvalue weighted by Gasteiger charge is 2.42. The van der Waals surface area contributed by atoms with Crippen molar-refractivity contribution in [1.29, 1.82) is 0 Å². The third-order valence-electron chi connectivity index (χ3n) is 4.26. The van der Waals surface area contributed by atoms with Crippen LogP contribution < -0.4 is 5.32 Å². The standard InChI is InChI=1S/C16H19N3O4/c1-3-13-18-11-8-10(4-5-12(11)23-13)17-15(22)19-7-6-16(2,9-19)14(20)21/h4-5,8H,3,6-7,9H2,1-2H3,(H,17,22)(H,20,21). The molecule has 1 aliphatic rings. The van der Waals surface area contributed by atoms with E-state index in [-0.39, 0.29) is 12.6 Å². The number of fused-ring (bicyclic) bond motifs is 1. The number of likely N-dealkylation sites (tertiary alicyclic amines) is 1. The van der Waals surface area contributed by atoms with Gasteiger partial charge in [0.2, 0.25) is 0 Å². The molecule has 1 saturated heterocycles. The van der Waals surface area contributed by atoms with Crippen LogP contribution in [0, 0.1) is 5.41 Å². The number of carbonyl (C=O) groups excluding carboxylic acids is 1. The number of nitrogens with one attached hydrogen (secondary N) is 1. The SMILES string of the molecule is CCc1nc2cc(NC(=O)N3CCC(C)(C(=O)O)C3)ccc2o1. The van der Waals surface area contributed by atoms with Crippen molar-refractivity contribution in [2.75, 3.05) is 18.4 Å². The molecule has 1 aliphatic heterocycles. The van der Waals surface area contributed by atoms with Gasteiger partial charge in [0, 0.05) is 25.2 Å². The first-order valence-corrected chi connectivity index (χ1v) is 7.60. The van der Waals surface area contributed by atoms with Crippen LogP contribution in [0.4, 0.5) is 10.5 Å². The number of rotatable bonds is 3. The third-order valence-corrected chi connectivity index (χ3v) is 4.26. The molecule has 1 atom stereocenters. The van der Waals surface area contributed by atoms with Gasteiger partial charge in [-0.15, -0.1) is 0 Å². The molecular formula is C16H19N3O4. The fraction of sp³-hybridized carbons (Fsp3) is 0.438. The second kappa shape index (κ2) is 5.57. The van der Waals surface area contributed by atoms with Crippen LogP contribution >= 0.6 is 0 Å². The molecule has 122 valence electrons. The number of urea groups is 1. The van der Waals surface area contributed by atoms with Crippen molar-refractivity contribution in [1.82, 2.24) is 9.88 Å². The molecule has 2 aromatic rings. The van der Waals surface area contributed by atoms with Crippen molar-refractivity contribution >= 4 is 28.8 Å². The van der Waals surface area contributed by atoms with Gasteiger partial charge < -0.3 is 19.7 Å². The van der Waals surface area contributed by atoms with E-state index in [4.69, 9.17) is 4.42 Å². The van der Waals surface area contributed by atoms with Gasteiger partial charge in [-0.05, 0) is 31.5 Å². The molecule has 0 spiro atoms. The Hall–Kier alpha value is -2.57. The van der Waals surface area contributed by atoms with E-state index in [1.807, 2.05) is 6.92 Å². The summed E-state index contributed by atoms with van der Waals surface area (Å²) in [6.07, 6.45) is 1.16. The molecule has 2 N–H and O–H groups in total. The number of amides is 2. The number of benzene rings is 1. The van der Waals surface area contributed by atoms with Gasteiger partial charge in [0.25, 0.3) is 0 Å². The maximum Gasteiger partial charge on any atom is 0.321 e. The Morgan fingerprint density at radius 1 is 1.48 bits per heavy atom. The quantitative estimate of drug-likeness (QED) is 0.907. The number of hydrogen-bond acceptors (Lipinski definition) is 4. The van der Waals surface area contributed by atoms with Gasteiger partial charge >= 0.3 is 12.0 Å². The highest BCUT2D eigenvalue weighted by atomic mass is 16.4. The van der Waals surface area contributed by atoms with E-state index in [1.54, 1.807) is 25.1 Å². The molecule has 0 radical (unpaired) electrons. The second-order valence-corrected chi connectivity index (χ2v) is 6.11. The number of aromatic nitrogens is 1. The van der Waals surface area contributed by atoms with E-state index in [0.29, 0.717) is 42.1 Å². The van der Waals surface area contributed by atoms with Gasteiger partial charge in [0.15, 0.2) is 11.5 Å². The highest BCUT2D eigenvalue weighted by molar-refractivity contribution is 5.92. The predicted molar refractivity (Wildman–Crippen MR) is 84.3 cm³/mol. The largest absolute Gasteiger partial charge is 0.481 e. The minimum atomic E-state index is -0.872. The van der Waals surface area contributed by atoms with Crippen LogP contribution in [0.5, 0.6) is 0 Å². The van der Waals surface area contributed by atoms with Crippen molar-refractivity contribution in [3.8, 4) is 0 Å². The lowest BCUT2D eigenvalue weighted by molar-refractivity contribution is -0.146. The van der Waals surface area contributed by atoms with Crippen LogP contribution in [0.15, 0.2) is 22.6 Å². The number of oxazole rings is 1. The lowest BCUT2D eigenvalue weighted by Gasteiger charge is -2.20. The molecule has 1 aromatic heterocycles. The fourth-order valence-electron chi connectivity index (χ4n) is 2.72. The summed E-state index contributed by atoms with van der Waals surface area (Å²) in [4.78, 5) is 29.4. The van der Waals surface area contributed by atoms with Crippen LogP contribution in [0.1, 0.15) is 26.2 Å². The summed E-state index contributed by atoms with van der Waals surface area (Å²) in [5, 5.41) is 12.0. The molecule has 7 nitrogen and oxygen atoms in total. The van der Waals surface area contributed by atoms with Crippen molar-refractivity contribution in [2.45, 2.75) is 26.7 Å². The van der Waals surface area contributed by atoms with Gasteiger partial charge in [0.1, 0.15) is 5.52 Å². The minimum absolute atomic E-state index is 0.209. The Labute approximate surface area is 133 Å². The molecule has 0 saturated carbocycles. The van der Waals surface area contributed by atoms with E-state index in [2.05, 4.69) is 10.3 Å². The number of anilines is 1. The fourth-order valence-corrected chi connectivity index (χ4v) is 2.72. The molecule has 23 heavy (non-hydrogen) atoms. The summed E-state index contributed by atoms with van der Waals surface area (Å²) >= 11 is 0. The maximum atomic E-state index is 12.3. The Morgan fingerprint density at radius 2 is 2.26 bits per heavy atom. The first-order valence-electron chi connectivity index (χ1n) is 7.60. The molecule has 7 heteroatoms. The first kappa shape index (κ1) is 15.3. The number of hydrogen-bond donors (Lipinski definition) is 2. The van der Waals surface area contributed by atoms with Crippen LogP contribution in [-0.4, -0.2) is 40.1 Å². The average molecular weight is 317 g/mol. The average Bonchev–Trinajstić information content (AvgIpc) is 3.11. The second-order valence-electron chi connectivity index (χ2n) is 6.11. The topological polar surface area (TPSA) is 95.7 Å². The number of carboxylic acids is 1. The third kappa shape index (κ3) is 2.86. The zero-order valence-electron chi connectivity index (χ0n) is 13.1. The van der Waals surface area contributed by atoms with Gasteiger partial charge in [-0.2, -0.15) is 0 Å². The summed E-state index contributed by atoms with van der Waals surface area (Å²) < 4.78 is 5.53. The Bertz CT molecular complexity index is 770. The smallest absolute Gasteiger partial charge is 0.321 e. The molecule has 2 amide bonds. The number of aryl methyl sites for hydroxylation is 1. The molecular weight excluding hydrogens is 298 g/mol. The Morgan fingerprint density at radius 3 is 2.91 bits per heavy atom. The van der Waals surface area contributed by atoms with E-state index in [0.717, 1.165) is 0 Å². The van der Waals surface area contributed by atoms with Crippen molar-refractivity contribution in [2.24, 2.45) is 5.41 Å². The lowest BCUT2D eigenvalue weighted by atomic mass is 9.90. The minimum Gasteiger partial charge on any atom is -0.481 e. The van der Waals surface area contributed by atoms with E-state index in [1.165, 1.54) is 4.90 Å². The predicted octanol–water partition coefficient (Wildman–Crippen LogP) is 2.72. The highest BCUT2D eigenvalue weighted by Crippen LogP contribution is 2.30. The number of aliphatic carboxylic acids is 1. The molecule has 0 aliphatic carbocycles. The lowest BCUT2D eigenvalue weighted by Crippen LogP contribution is -2.37. The van der Waals surface area contributed by atoms with Crippen LogP contribution in [0.25, 0.3) is 11.1 Å². The van der Waals surface area contributed by atoms with E-state index in [9.17, 15) is 14.7 Å². The molecule has 1 fully saturated rings. The summed E-state index contributed by atoms with van der Waals surface area (Å²) in [5.74, 6) is -0.218. The van der Waals surface area contributed by atoms with Gasteiger partial charge in [-0.25, -0.2) is 9.78 Å². The van der Waals surface area contributed by atoms with Crippen molar-refractivity contribution < 1.29 is 19.1 Å². The van der Waals surface area contributed by atoms with Crippen LogP contribution in [0.3, 0.4) is 0 Å². The molecule has 1 aromatic carbocycles.